The number of carbonyl (C=O) groups is 1. The number of hydrogen-bond acceptors (Lipinski definition) is 3. The molecule has 12 heavy (non-hydrogen) atoms. The van der Waals surface area contributed by atoms with Gasteiger partial charge in [-0.05, 0) is 13.8 Å². The van der Waals surface area contributed by atoms with E-state index >= 15 is 0 Å². The van der Waals surface area contributed by atoms with Crippen LogP contribution in [0.3, 0.4) is 0 Å². The second kappa shape index (κ2) is 3.66. The Balaban J connectivity index is 2.24. The van der Waals surface area contributed by atoms with E-state index in [2.05, 4.69) is 0 Å². The first-order valence-corrected chi connectivity index (χ1v) is 5.00. The molecule has 0 aromatic rings. The molecule has 0 amide bonds. The number of aliphatic carboxylic acids is 1. The third-order valence-electron chi connectivity index (χ3n) is 1.87. The van der Waals surface area contributed by atoms with Gasteiger partial charge in [-0.2, -0.15) is 11.8 Å². The lowest BCUT2D eigenvalue weighted by Gasteiger charge is -2.28. The molecule has 0 aliphatic carbocycles. The second-order valence-corrected chi connectivity index (χ2v) is 4.95. The quantitative estimate of drug-likeness (QED) is 0.724. The highest BCUT2D eigenvalue weighted by Crippen LogP contribution is 2.27. The maximum absolute atomic E-state index is 10.7. The molecule has 0 aromatic carbocycles. The average Bonchev–Trinajstić information content (AvgIpc) is 1.83. The molecule has 1 heterocycles. The number of ether oxygens (including phenoxy) is 1. The third-order valence-corrected chi connectivity index (χ3v) is 3.50. The van der Waals surface area contributed by atoms with Crippen LogP contribution >= 0.6 is 11.8 Å². The summed E-state index contributed by atoms with van der Waals surface area (Å²) in [4.78, 5) is 10.7. The Hall–Kier alpha value is -0.220. The molecule has 1 fully saturated rings. The zero-order valence-corrected chi connectivity index (χ0v) is 8.19. The SMILES string of the molecule is CC(C)(CSC1COC1)C(=O)O. The van der Waals surface area contributed by atoms with Crippen LogP contribution in [0.15, 0.2) is 0 Å². The molecule has 1 aliphatic heterocycles. The zero-order chi connectivity index (χ0) is 9.19. The average molecular weight is 190 g/mol. The van der Waals surface area contributed by atoms with E-state index in [0.717, 1.165) is 13.2 Å². The molecule has 4 heteroatoms. The van der Waals surface area contributed by atoms with Crippen LogP contribution < -0.4 is 0 Å². The van der Waals surface area contributed by atoms with Gasteiger partial charge in [0.25, 0.3) is 0 Å². The van der Waals surface area contributed by atoms with E-state index < -0.39 is 11.4 Å². The normalized spacial score (nSPS) is 18.8. The molecule has 0 aromatic heterocycles. The summed E-state index contributed by atoms with van der Waals surface area (Å²) in [6.45, 7) is 5.06. The standard InChI is InChI=1S/C8H14O3S/c1-8(2,7(9)10)5-12-6-3-11-4-6/h6H,3-5H2,1-2H3,(H,9,10). The first-order chi connectivity index (χ1) is 5.52. The summed E-state index contributed by atoms with van der Waals surface area (Å²) in [6.07, 6.45) is 0. The second-order valence-electron chi connectivity index (χ2n) is 3.66. The van der Waals surface area contributed by atoms with Gasteiger partial charge in [-0.15, -0.1) is 0 Å². The maximum Gasteiger partial charge on any atom is 0.309 e. The smallest absolute Gasteiger partial charge is 0.309 e. The van der Waals surface area contributed by atoms with E-state index in [1.165, 1.54) is 0 Å². The Kier molecular flexibility index (Phi) is 3.01. The fourth-order valence-electron chi connectivity index (χ4n) is 0.698. The molecule has 1 rings (SSSR count). The fourth-order valence-corrected chi connectivity index (χ4v) is 1.86. The topological polar surface area (TPSA) is 46.5 Å². The lowest BCUT2D eigenvalue weighted by atomic mass is 9.97. The molecule has 1 saturated heterocycles. The maximum atomic E-state index is 10.7. The molecular formula is C8H14O3S. The Morgan fingerprint density at radius 1 is 1.67 bits per heavy atom. The van der Waals surface area contributed by atoms with Crippen LogP contribution in [-0.2, 0) is 9.53 Å². The Labute approximate surface area is 76.5 Å². The van der Waals surface area contributed by atoms with E-state index in [-0.39, 0.29) is 0 Å². The van der Waals surface area contributed by atoms with Crippen molar-refractivity contribution in [2.24, 2.45) is 5.41 Å². The molecule has 0 spiro atoms. The van der Waals surface area contributed by atoms with Crippen molar-refractivity contribution >= 4 is 17.7 Å². The third kappa shape index (κ3) is 2.38. The first kappa shape index (κ1) is 9.86. The molecule has 1 aliphatic rings. The molecule has 0 radical (unpaired) electrons. The van der Waals surface area contributed by atoms with E-state index in [9.17, 15) is 4.79 Å². The molecule has 1 N–H and O–H groups in total. The van der Waals surface area contributed by atoms with Gasteiger partial charge >= 0.3 is 5.97 Å². The predicted molar refractivity (Wildman–Crippen MR) is 48.5 cm³/mol. The van der Waals surface area contributed by atoms with Gasteiger partial charge in [0.2, 0.25) is 0 Å². The summed E-state index contributed by atoms with van der Waals surface area (Å²) in [5.74, 6) is -0.0636. The van der Waals surface area contributed by atoms with Gasteiger partial charge in [-0.1, -0.05) is 0 Å². The monoisotopic (exact) mass is 190 g/mol. The van der Waals surface area contributed by atoms with Crippen LogP contribution in [0.5, 0.6) is 0 Å². The molecule has 70 valence electrons. The highest BCUT2D eigenvalue weighted by Gasteiger charge is 2.30. The van der Waals surface area contributed by atoms with Gasteiger partial charge in [0.15, 0.2) is 0 Å². The number of hydrogen-bond donors (Lipinski definition) is 1. The largest absolute Gasteiger partial charge is 0.481 e. The van der Waals surface area contributed by atoms with Crippen LogP contribution in [0.1, 0.15) is 13.8 Å². The van der Waals surface area contributed by atoms with Gasteiger partial charge in [-0.3, -0.25) is 4.79 Å². The van der Waals surface area contributed by atoms with Gasteiger partial charge in [0.05, 0.1) is 23.9 Å². The minimum absolute atomic E-state index is 0.517. The van der Waals surface area contributed by atoms with Crippen molar-refractivity contribution in [3.63, 3.8) is 0 Å². The van der Waals surface area contributed by atoms with Gasteiger partial charge < -0.3 is 9.84 Å². The van der Waals surface area contributed by atoms with Crippen LogP contribution in [-0.4, -0.2) is 35.3 Å². The fraction of sp³-hybridized carbons (Fsp3) is 0.875. The number of carboxylic acid groups (broad SMARTS) is 1. The highest BCUT2D eigenvalue weighted by atomic mass is 32.2. The summed E-state index contributed by atoms with van der Waals surface area (Å²) >= 11 is 1.69. The van der Waals surface area contributed by atoms with Crippen molar-refractivity contribution in [3.05, 3.63) is 0 Å². The number of carboxylic acids is 1. The minimum atomic E-state index is -0.727. The Morgan fingerprint density at radius 3 is 2.58 bits per heavy atom. The Bertz CT molecular complexity index is 175. The lowest BCUT2D eigenvalue weighted by molar-refractivity contribution is -0.145. The van der Waals surface area contributed by atoms with Crippen molar-refractivity contribution in [1.29, 1.82) is 0 Å². The van der Waals surface area contributed by atoms with Gasteiger partial charge in [0.1, 0.15) is 0 Å². The number of thioether (sulfide) groups is 1. The van der Waals surface area contributed by atoms with Crippen LogP contribution in [0.2, 0.25) is 0 Å². The van der Waals surface area contributed by atoms with Crippen molar-refractivity contribution < 1.29 is 14.6 Å². The van der Waals surface area contributed by atoms with Crippen molar-refractivity contribution in [3.8, 4) is 0 Å². The van der Waals surface area contributed by atoms with E-state index in [0.29, 0.717) is 11.0 Å². The highest BCUT2D eigenvalue weighted by molar-refractivity contribution is 8.00. The van der Waals surface area contributed by atoms with Crippen molar-refractivity contribution in [1.82, 2.24) is 0 Å². The van der Waals surface area contributed by atoms with Crippen molar-refractivity contribution in [2.45, 2.75) is 19.1 Å². The summed E-state index contributed by atoms with van der Waals surface area (Å²) in [6, 6.07) is 0. The van der Waals surface area contributed by atoms with Crippen LogP contribution in [0.4, 0.5) is 0 Å². The van der Waals surface area contributed by atoms with Crippen LogP contribution in [0, 0.1) is 5.41 Å². The van der Waals surface area contributed by atoms with Gasteiger partial charge in [0, 0.05) is 5.75 Å². The molecule has 0 unspecified atom stereocenters. The summed E-state index contributed by atoms with van der Waals surface area (Å²) in [7, 11) is 0. The van der Waals surface area contributed by atoms with E-state index in [4.69, 9.17) is 9.84 Å². The molecule has 0 atom stereocenters. The minimum Gasteiger partial charge on any atom is -0.481 e. The van der Waals surface area contributed by atoms with Crippen LogP contribution in [0.25, 0.3) is 0 Å². The Morgan fingerprint density at radius 2 is 2.25 bits per heavy atom. The molecule has 3 nitrogen and oxygen atoms in total. The first-order valence-electron chi connectivity index (χ1n) is 3.95. The van der Waals surface area contributed by atoms with E-state index in [1.807, 2.05) is 0 Å². The lowest BCUT2D eigenvalue weighted by Crippen LogP contribution is -2.34. The van der Waals surface area contributed by atoms with E-state index in [1.54, 1.807) is 25.6 Å². The zero-order valence-electron chi connectivity index (χ0n) is 7.37. The molecule has 0 saturated carbocycles. The van der Waals surface area contributed by atoms with Gasteiger partial charge in [-0.25, -0.2) is 0 Å². The molecule has 0 bridgehead atoms. The number of rotatable bonds is 4. The van der Waals surface area contributed by atoms with Crippen molar-refractivity contribution in [2.75, 3.05) is 19.0 Å². The summed E-state index contributed by atoms with van der Waals surface area (Å²) in [5, 5.41) is 9.32. The predicted octanol–water partition coefficient (Wildman–Crippen LogP) is 1.23. The summed E-state index contributed by atoms with van der Waals surface area (Å²) < 4.78 is 4.99. The summed E-state index contributed by atoms with van der Waals surface area (Å²) in [5.41, 5.74) is -0.611. The molecular weight excluding hydrogens is 176 g/mol.